The molecule has 7 nitrogen and oxygen atoms in total. The van der Waals surface area contributed by atoms with E-state index in [2.05, 4.69) is 20.0 Å². The molecule has 0 aromatic carbocycles. The van der Waals surface area contributed by atoms with Crippen molar-refractivity contribution in [1.29, 1.82) is 0 Å². The molecule has 1 fully saturated rings. The van der Waals surface area contributed by atoms with Gasteiger partial charge in [0.15, 0.2) is 11.5 Å². The molecule has 3 rings (SSSR count). The van der Waals surface area contributed by atoms with Crippen molar-refractivity contribution in [3.63, 3.8) is 0 Å². The van der Waals surface area contributed by atoms with E-state index in [9.17, 15) is 0 Å². The third-order valence-corrected chi connectivity index (χ3v) is 2.94. The number of hydrogen-bond donors (Lipinski definition) is 1. The van der Waals surface area contributed by atoms with Crippen LogP contribution in [0.4, 0.5) is 11.6 Å². The lowest BCUT2D eigenvalue weighted by atomic mass is 10.3. The first-order valence-electron chi connectivity index (χ1n) is 5.53. The third kappa shape index (κ3) is 1.59. The number of hydrogen-bond acceptors (Lipinski definition) is 6. The van der Waals surface area contributed by atoms with Crippen LogP contribution in [0.5, 0.6) is 0 Å². The molecule has 1 aliphatic rings. The lowest BCUT2D eigenvalue weighted by Crippen LogP contribution is -2.36. The van der Waals surface area contributed by atoms with Crippen molar-refractivity contribution in [2.45, 2.75) is 0 Å². The molecule has 90 valence electrons. The summed E-state index contributed by atoms with van der Waals surface area (Å²) >= 11 is 0. The second-order valence-corrected chi connectivity index (χ2v) is 4.00. The molecule has 0 aliphatic carbocycles. The van der Waals surface area contributed by atoms with Crippen molar-refractivity contribution in [2.75, 3.05) is 36.9 Å². The van der Waals surface area contributed by atoms with Gasteiger partial charge in [-0.1, -0.05) is 0 Å². The number of nitrogens with two attached hydrogens (primary N) is 1. The predicted molar refractivity (Wildman–Crippen MR) is 63.7 cm³/mol. The molecule has 0 unspecified atom stereocenters. The molecule has 2 aromatic heterocycles. The second kappa shape index (κ2) is 3.85. The van der Waals surface area contributed by atoms with Crippen molar-refractivity contribution in [2.24, 2.45) is 7.05 Å². The van der Waals surface area contributed by atoms with Gasteiger partial charge in [-0.15, -0.1) is 0 Å². The first kappa shape index (κ1) is 10.3. The summed E-state index contributed by atoms with van der Waals surface area (Å²) in [7, 11) is 1.83. The van der Waals surface area contributed by atoms with E-state index < -0.39 is 0 Å². The molecule has 0 radical (unpaired) electrons. The van der Waals surface area contributed by atoms with Gasteiger partial charge in [-0.3, -0.25) is 0 Å². The summed E-state index contributed by atoms with van der Waals surface area (Å²) in [6.07, 6.45) is 1.55. The molecular weight excluding hydrogens is 220 g/mol. The van der Waals surface area contributed by atoms with Gasteiger partial charge in [-0.25, -0.2) is 14.6 Å². The Bertz CT molecular complexity index is 545. The molecular formula is C10H14N6O. The highest BCUT2D eigenvalue weighted by Gasteiger charge is 2.19. The minimum atomic E-state index is 0.476. The van der Waals surface area contributed by atoms with Crippen molar-refractivity contribution < 1.29 is 4.74 Å². The molecule has 3 heterocycles. The molecule has 7 heteroatoms. The number of anilines is 2. The summed E-state index contributed by atoms with van der Waals surface area (Å²) < 4.78 is 7.01. The fraction of sp³-hybridized carbons (Fsp3) is 0.500. The van der Waals surface area contributed by atoms with E-state index in [0.29, 0.717) is 19.0 Å². The van der Waals surface area contributed by atoms with E-state index >= 15 is 0 Å². The molecule has 0 amide bonds. The number of aryl methyl sites for hydroxylation is 1. The van der Waals surface area contributed by atoms with Crippen LogP contribution in [0.2, 0.25) is 0 Å². The van der Waals surface area contributed by atoms with Crippen molar-refractivity contribution in [3.8, 4) is 0 Å². The van der Waals surface area contributed by atoms with Gasteiger partial charge in [0, 0.05) is 20.1 Å². The summed E-state index contributed by atoms with van der Waals surface area (Å²) in [6.45, 7) is 3.07. The lowest BCUT2D eigenvalue weighted by molar-refractivity contribution is 0.122. The number of aromatic nitrogens is 4. The third-order valence-electron chi connectivity index (χ3n) is 2.94. The molecule has 0 bridgehead atoms. The van der Waals surface area contributed by atoms with Crippen LogP contribution in [0.3, 0.4) is 0 Å². The second-order valence-electron chi connectivity index (χ2n) is 4.00. The number of nitrogens with zero attached hydrogens (tertiary/aromatic N) is 5. The van der Waals surface area contributed by atoms with Gasteiger partial charge >= 0.3 is 0 Å². The van der Waals surface area contributed by atoms with E-state index in [0.717, 1.165) is 29.9 Å². The zero-order chi connectivity index (χ0) is 11.8. The van der Waals surface area contributed by atoms with Crippen LogP contribution in [0, 0.1) is 0 Å². The lowest BCUT2D eigenvalue weighted by Gasteiger charge is -2.28. The zero-order valence-corrected chi connectivity index (χ0v) is 9.63. The largest absolute Gasteiger partial charge is 0.382 e. The maximum atomic E-state index is 5.91. The van der Waals surface area contributed by atoms with Gasteiger partial charge in [0.2, 0.25) is 0 Å². The Balaban J connectivity index is 2.15. The zero-order valence-electron chi connectivity index (χ0n) is 9.63. The average Bonchev–Trinajstić information content (AvgIpc) is 2.66. The summed E-state index contributed by atoms with van der Waals surface area (Å²) in [5.74, 6) is 1.33. The topological polar surface area (TPSA) is 82.1 Å². The monoisotopic (exact) mass is 234 g/mol. The Morgan fingerprint density at radius 1 is 1.29 bits per heavy atom. The van der Waals surface area contributed by atoms with Gasteiger partial charge in [0.05, 0.1) is 13.2 Å². The Hall–Kier alpha value is -1.89. The van der Waals surface area contributed by atoms with E-state index in [4.69, 9.17) is 10.5 Å². The van der Waals surface area contributed by atoms with Crippen LogP contribution >= 0.6 is 0 Å². The number of nitrogen functional groups attached to an aromatic ring is 1. The van der Waals surface area contributed by atoms with Gasteiger partial charge in [0.1, 0.15) is 17.5 Å². The van der Waals surface area contributed by atoms with Crippen LogP contribution in [-0.2, 0) is 11.8 Å². The highest BCUT2D eigenvalue weighted by Crippen LogP contribution is 2.27. The van der Waals surface area contributed by atoms with Crippen LogP contribution in [0.15, 0.2) is 6.33 Å². The number of fused-ring (bicyclic) bond motifs is 1. The van der Waals surface area contributed by atoms with Gasteiger partial charge in [-0.2, -0.15) is 5.10 Å². The van der Waals surface area contributed by atoms with Crippen molar-refractivity contribution in [1.82, 2.24) is 19.7 Å². The Labute approximate surface area is 98.2 Å². The predicted octanol–water partition coefficient (Wildman–Crippen LogP) is -0.218. The number of rotatable bonds is 1. The highest BCUT2D eigenvalue weighted by atomic mass is 16.5. The van der Waals surface area contributed by atoms with Crippen molar-refractivity contribution in [3.05, 3.63) is 6.33 Å². The standard InChI is InChI=1S/C10H14N6O/c1-15-9-7(8(11)14-15)10(13-6-12-9)16-2-4-17-5-3-16/h6H,2-5H2,1H3,(H2,11,14). The summed E-state index contributed by atoms with van der Waals surface area (Å²) in [6, 6.07) is 0. The fourth-order valence-electron chi connectivity index (χ4n) is 2.12. The van der Waals surface area contributed by atoms with Gasteiger partial charge in [-0.05, 0) is 0 Å². The van der Waals surface area contributed by atoms with E-state index in [-0.39, 0.29) is 0 Å². The molecule has 0 saturated carbocycles. The van der Waals surface area contributed by atoms with Crippen LogP contribution in [0.1, 0.15) is 0 Å². The van der Waals surface area contributed by atoms with E-state index in [1.807, 2.05) is 7.05 Å². The minimum Gasteiger partial charge on any atom is -0.382 e. The molecule has 0 atom stereocenters. The smallest absolute Gasteiger partial charge is 0.165 e. The summed E-state index contributed by atoms with van der Waals surface area (Å²) in [4.78, 5) is 10.7. The summed E-state index contributed by atoms with van der Waals surface area (Å²) in [5, 5.41) is 5.01. The maximum absolute atomic E-state index is 5.91. The molecule has 17 heavy (non-hydrogen) atoms. The molecule has 2 N–H and O–H groups in total. The van der Waals surface area contributed by atoms with Gasteiger partial charge in [0.25, 0.3) is 0 Å². The summed E-state index contributed by atoms with van der Waals surface area (Å²) in [5.41, 5.74) is 6.68. The Morgan fingerprint density at radius 3 is 2.82 bits per heavy atom. The van der Waals surface area contributed by atoms with E-state index in [1.54, 1.807) is 11.0 Å². The molecule has 2 aromatic rings. The first-order chi connectivity index (χ1) is 8.27. The number of morpholine rings is 1. The van der Waals surface area contributed by atoms with E-state index in [1.165, 1.54) is 0 Å². The minimum absolute atomic E-state index is 0.476. The molecule has 1 saturated heterocycles. The Morgan fingerprint density at radius 2 is 2.06 bits per heavy atom. The molecule has 1 aliphatic heterocycles. The quantitative estimate of drug-likeness (QED) is 0.734. The number of ether oxygens (including phenoxy) is 1. The van der Waals surface area contributed by atoms with Gasteiger partial charge < -0.3 is 15.4 Å². The SMILES string of the molecule is Cn1nc(N)c2c(N3CCOCC3)ncnc21. The highest BCUT2D eigenvalue weighted by molar-refractivity contribution is 5.96. The first-order valence-corrected chi connectivity index (χ1v) is 5.53. The fourth-order valence-corrected chi connectivity index (χ4v) is 2.12. The normalized spacial score (nSPS) is 16.6. The molecule has 0 spiro atoms. The Kier molecular flexibility index (Phi) is 2.32. The van der Waals surface area contributed by atoms with Crippen molar-refractivity contribution >= 4 is 22.7 Å². The van der Waals surface area contributed by atoms with Crippen LogP contribution in [-0.4, -0.2) is 46.1 Å². The maximum Gasteiger partial charge on any atom is 0.165 e. The average molecular weight is 234 g/mol. The van der Waals surface area contributed by atoms with Crippen LogP contribution < -0.4 is 10.6 Å². The van der Waals surface area contributed by atoms with Crippen LogP contribution in [0.25, 0.3) is 11.0 Å².